The molecule has 0 radical (unpaired) electrons. The Morgan fingerprint density at radius 1 is 1.35 bits per heavy atom. The lowest BCUT2D eigenvalue weighted by atomic mass is 9.88. The van der Waals surface area contributed by atoms with Crippen molar-refractivity contribution in [3.8, 4) is 0 Å². The van der Waals surface area contributed by atoms with E-state index < -0.39 is 0 Å². The van der Waals surface area contributed by atoms with Crippen molar-refractivity contribution in [1.82, 2.24) is 0 Å². The van der Waals surface area contributed by atoms with E-state index in [9.17, 15) is 4.39 Å². The van der Waals surface area contributed by atoms with Crippen LogP contribution in [0.15, 0.2) is 24.3 Å². The van der Waals surface area contributed by atoms with Gasteiger partial charge in [0.1, 0.15) is 5.82 Å². The molecule has 0 saturated heterocycles. The van der Waals surface area contributed by atoms with E-state index in [-0.39, 0.29) is 5.82 Å². The third-order valence-electron chi connectivity index (χ3n) is 3.77. The Hall–Kier alpha value is -0.570. The third kappa shape index (κ3) is 3.01. The standard InChI is InChI=1S/C14H19BrFN/c1-17(13-6-4-5-12(16)9-13)11-14(10-15)7-2-3-8-14/h4-6,9H,2-3,7-8,10-11H2,1H3. The summed E-state index contributed by atoms with van der Waals surface area (Å²) in [5, 5.41) is 1.04. The summed E-state index contributed by atoms with van der Waals surface area (Å²) < 4.78 is 13.2. The van der Waals surface area contributed by atoms with Crippen molar-refractivity contribution in [1.29, 1.82) is 0 Å². The molecule has 1 aromatic rings. The molecule has 0 atom stereocenters. The Balaban J connectivity index is 2.07. The predicted octanol–water partition coefficient (Wildman–Crippen LogP) is 4.22. The fraction of sp³-hybridized carbons (Fsp3) is 0.571. The van der Waals surface area contributed by atoms with Crippen molar-refractivity contribution < 1.29 is 4.39 Å². The van der Waals surface area contributed by atoms with Gasteiger partial charge in [-0.2, -0.15) is 0 Å². The van der Waals surface area contributed by atoms with Crippen LogP contribution in [-0.2, 0) is 0 Å². The van der Waals surface area contributed by atoms with E-state index in [0.717, 1.165) is 17.6 Å². The first-order valence-corrected chi connectivity index (χ1v) is 7.30. The molecule has 17 heavy (non-hydrogen) atoms. The van der Waals surface area contributed by atoms with Gasteiger partial charge in [0.2, 0.25) is 0 Å². The summed E-state index contributed by atoms with van der Waals surface area (Å²) in [7, 11) is 2.05. The average molecular weight is 300 g/mol. The number of anilines is 1. The number of nitrogens with zero attached hydrogens (tertiary/aromatic N) is 1. The summed E-state index contributed by atoms with van der Waals surface area (Å²) in [6.45, 7) is 1.00. The topological polar surface area (TPSA) is 3.24 Å². The van der Waals surface area contributed by atoms with Gasteiger partial charge in [0.05, 0.1) is 0 Å². The third-order valence-corrected chi connectivity index (χ3v) is 4.96. The molecule has 0 aliphatic heterocycles. The van der Waals surface area contributed by atoms with Crippen LogP contribution in [0, 0.1) is 11.2 Å². The predicted molar refractivity (Wildman–Crippen MR) is 74.4 cm³/mol. The zero-order valence-corrected chi connectivity index (χ0v) is 11.8. The van der Waals surface area contributed by atoms with Gasteiger partial charge in [-0.3, -0.25) is 0 Å². The Bertz CT molecular complexity index is 374. The highest BCUT2D eigenvalue weighted by atomic mass is 79.9. The molecule has 94 valence electrons. The van der Waals surface area contributed by atoms with Crippen LogP contribution < -0.4 is 4.90 Å². The molecule has 0 heterocycles. The second-order valence-electron chi connectivity index (χ2n) is 5.18. The molecular weight excluding hydrogens is 281 g/mol. The smallest absolute Gasteiger partial charge is 0.125 e. The first-order valence-electron chi connectivity index (χ1n) is 6.18. The number of benzene rings is 1. The van der Waals surface area contributed by atoms with Crippen LogP contribution in [0.3, 0.4) is 0 Å². The van der Waals surface area contributed by atoms with Crippen molar-refractivity contribution in [3.05, 3.63) is 30.1 Å². The highest BCUT2D eigenvalue weighted by Crippen LogP contribution is 2.40. The van der Waals surface area contributed by atoms with Gasteiger partial charge in [0.15, 0.2) is 0 Å². The van der Waals surface area contributed by atoms with Gasteiger partial charge in [-0.15, -0.1) is 0 Å². The summed E-state index contributed by atoms with van der Waals surface area (Å²) in [5.41, 5.74) is 1.35. The molecule has 0 aromatic heterocycles. The maximum absolute atomic E-state index is 13.2. The van der Waals surface area contributed by atoms with Gasteiger partial charge in [-0.05, 0) is 36.5 Å². The summed E-state index contributed by atoms with van der Waals surface area (Å²) in [6.07, 6.45) is 5.20. The molecule has 1 aliphatic carbocycles. The van der Waals surface area contributed by atoms with Crippen LogP contribution in [0.2, 0.25) is 0 Å². The Morgan fingerprint density at radius 2 is 2.06 bits per heavy atom. The lowest BCUT2D eigenvalue weighted by Gasteiger charge is -2.33. The summed E-state index contributed by atoms with van der Waals surface area (Å²) in [6, 6.07) is 6.85. The highest BCUT2D eigenvalue weighted by molar-refractivity contribution is 9.09. The fourth-order valence-corrected chi connectivity index (χ4v) is 3.51. The van der Waals surface area contributed by atoms with Crippen LogP contribution in [0.4, 0.5) is 10.1 Å². The maximum atomic E-state index is 13.2. The molecule has 2 rings (SSSR count). The van der Waals surface area contributed by atoms with E-state index >= 15 is 0 Å². The number of hydrogen-bond donors (Lipinski definition) is 0. The van der Waals surface area contributed by atoms with Crippen molar-refractivity contribution in [2.24, 2.45) is 5.41 Å². The number of hydrogen-bond acceptors (Lipinski definition) is 1. The molecule has 0 amide bonds. The average Bonchev–Trinajstić information content (AvgIpc) is 2.78. The van der Waals surface area contributed by atoms with Crippen LogP contribution in [0.1, 0.15) is 25.7 Å². The SMILES string of the molecule is CN(CC1(CBr)CCCC1)c1cccc(F)c1. The first-order chi connectivity index (χ1) is 8.15. The lowest BCUT2D eigenvalue weighted by Crippen LogP contribution is -2.35. The van der Waals surface area contributed by atoms with Crippen LogP contribution in [-0.4, -0.2) is 18.9 Å². The number of halogens is 2. The molecule has 1 nitrogen and oxygen atoms in total. The second-order valence-corrected chi connectivity index (χ2v) is 5.74. The molecule has 0 N–H and O–H groups in total. The van der Waals surface area contributed by atoms with Crippen LogP contribution in [0.5, 0.6) is 0 Å². The first kappa shape index (κ1) is 12.9. The van der Waals surface area contributed by atoms with E-state index in [1.165, 1.54) is 31.7 Å². The largest absolute Gasteiger partial charge is 0.374 e. The normalized spacial score (nSPS) is 18.3. The zero-order valence-electron chi connectivity index (χ0n) is 10.3. The molecule has 1 aliphatic rings. The maximum Gasteiger partial charge on any atom is 0.125 e. The Kier molecular flexibility index (Phi) is 4.08. The summed E-state index contributed by atoms with van der Waals surface area (Å²) in [4.78, 5) is 2.18. The van der Waals surface area contributed by atoms with Crippen molar-refractivity contribution in [2.75, 3.05) is 23.8 Å². The van der Waals surface area contributed by atoms with Gasteiger partial charge in [-0.25, -0.2) is 4.39 Å². The number of alkyl halides is 1. The van der Waals surface area contributed by atoms with Crippen LogP contribution in [0.25, 0.3) is 0 Å². The van der Waals surface area contributed by atoms with Gasteiger partial charge < -0.3 is 4.90 Å². The van der Waals surface area contributed by atoms with E-state index in [0.29, 0.717) is 5.41 Å². The molecule has 1 fully saturated rings. The molecule has 1 saturated carbocycles. The summed E-state index contributed by atoms with van der Waals surface area (Å²) >= 11 is 3.65. The minimum Gasteiger partial charge on any atom is -0.374 e. The lowest BCUT2D eigenvalue weighted by molar-refractivity contribution is 0.355. The van der Waals surface area contributed by atoms with E-state index in [2.05, 4.69) is 27.9 Å². The molecule has 3 heteroatoms. The van der Waals surface area contributed by atoms with E-state index in [1.807, 2.05) is 6.07 Å². The molecular formula is C14H19BrFN. The van der Waals surface area contributed by atoms with Gasteiger partial charge in [-0.1, -0.05) is 34.8 Å². The summed E-state index contributed by atoms with van der Waals surface area (Å²) in [5.74, 6) is -0.159. The van der Waals surface area contributed by atoms with Gasteiger partial charge >= 0.3 is 0 Å². The van der Waals surface area contributed by atoms with Crippen molar-refractivity contribution in [2.45, 2.75) is 25.7 Å². The second kappa shape index (κ2) is 5.38. The molecule has 0 spiro atoms. The van der Waals surface area contributed by atoms with Crippen molar-refractivity contribution in [3.63, 3.8) is 0 Å². The van der Waals surface area contributed by atoms with Gasteiger partial charge in [0, 0.05) is 24.6 Å². The van der Waals surface area contributed by atoms with Crippen LogP contribution >= 0.6 is 15.9 Å². The minimum absolute atomic E-state index is 0.159. The van der Waals surface area contributed by atoms with Gasteiger partial charge in [0.25, 0.3) is 0 Å². The quantitative estimate of drug-likeness (QED) is 0.753. The Labute approximate surface area is 111 Å². The minimum atomic E-state index is -0.159. The highest BCUT2D eigenvalue weighted by Gasteiger charge is 2.33. The zero-order chi connectivity index (χ0) is 12.3. The van der Waals surface area contributed by atoms with E-state index in [1.54, 1.807) is 12.1 Å². The number of rotatable bonds is 4. The molecule has 0 unspecified atom stereocenters. The fourth-order valence-electron chi connectivity index (χ4n) is 2.77. The Morgan fingerprint density at radius 3 is 2.65 bits per heavy atom. The monoisotopic (exact) mass is 299 g/mol. The van der Waals surface area contributed by atoms with E-state index in [4.69, 9.17) is 0 Å². The molecule has 1 aromatic carbocycles. The van der Waals surface area contributed by atoms with Crippen molar-refractivity contribution >= 4 is 21.6 Å². The molecule has 0 bridgehead atoms.